The summed E-state index contributed by atoms with van der Waals surface area (Å²) in [6, 6.07) is 3.11. The SMILES string of the molecule is C=C1N=C(N)C(CO[C@H](c2cc(OC)c(I)cc2[N+](=O)[O-])C(C)(C)C)=CN1[C@H]1CC(O)[C@@H](CO)O1. The fraction of sp³-hybridized carbons (Fsp3) is 0.522. The molecule has 4 atom stereocenters. The van der Waals surface area contributed by atoms with Crippen molar-refractivity contribution >= 4 is 34.1 Å². The molecule has 0 radical (unpaired) electrons. The van der Waals surface area contributed by atoms with E-state index < -0.39 is 34.9 Å². The molecule has 4 N–H and O–H groups in total. The van der Waals surface area contributed by atoms with Gasteiger partial charge in [0, 0.05) is 24.3 Å². The van der Waals surface area contributed by atoms with E-state index in [4.69, 9.17) is 19.9 Å². The maximum atomic E-state index is 11.9. The van der Waals surface area contributed by atoms with Crippen molar-refractivity contribution in [1.82, 2.24) is 4.90 Å². The standard InChI is InChI=1S/C23H31IN4O7/c1-12-26-22(25)13(9-27(12)20-8-17(30)19(10-29)35-20)11-34-21(23(2,3)4)14-6-18(33-5)15(24)7-16(14)28(31)32/h6-7,9,17,19-21,29-30H,1,8,10-11H2,2-5H3,(H2,25,26)/t17?,19-,20-,21-/m1/s1. The number of hydrogen-bond donors (Lipinski definition) is 3. The zero-order chi connectivity index (χ0) is 26.1. The molecule has 11 nitrogen and oxygen atoms in total. The second kappa shape index (κ2) is 10.8. The molecule has 0 aromatic heterocycles. The Kier molecular flexibility index (Phi) is 8.42. The van der Waals surface area contributed by atoms with Crippen LogP contribution in [0.3, 0.4) is 0 Å². The van der Waals surface area contributed by atoms with Gasteiger partial charge in [0.2, 0.25) is 0 Å². The minimum Gasteiger partial charge on any atom is -0.496 e. The average molecular weight is 602 g/mol. The molecule has 192 valence electrons. The number of methoxy groups -OCH3 is 1. The molecule has 0 aliphatic carbocycles. The van der Waals surface area contributed by atoms with E-state index in [1.54, 1.807) is 17.2 Å². The number of benzene rings is 1. The van der Waals surface area contributed by atoms with E-state index in [1.165, 1.54) is 13.2 Å². The Labute approximate surface area is 217 Å². The molecule has 1 unspecified atom stereocenters. The first-order valence-corrected chi connectivity index (χ1v) is 12.1. The third-order valence-electron chi connectivity index (χ3n) is 5.84. The van der Waals surface area contributed by atoms with Gasteiger partial charge in [-0.15, -0.1) is 0 Å². The third-order valence-corrected chi connectivity index (χ3v) is 6.68. The van der Waals surface area contributed by atoms with Crippen LogP contribution in [-0.2, 0) is 9.47 Å². The summed E-state index contributed by atoms with van der Waals surface area (Å²) in [7, 11) is 1.51. The largest absolute Gasteiger partial charge is 0.496 e. The topological polar surface area (TPSA) is 153 Å². The Hall–Kier alpha value is -2.26. The predicted molar refractivity (Wildman–Crippen MR) is 138 cm³/mol. The van der Waals surface area contributed by atoms with Gasteiger partial charge in [0.15, 0.2) is 0 Å². The molecule has 0 saturated carbocycles. The summed E-state index contributed by atoms with van der Waals surface area (Å²) in [5.74, 6) is 1.04. The summed E-state index contributed by atoms with van der Waals surface area (Å²) in [5.41, 5.74) is 6.48. The molecule has 1 aromatic carbocycles. The molecule has 2 aliphatic rings. The van der Waals surface area contributed by atoms with E-state index in [9.17, 15) is 20.3 Å². The maximum Gasteiger partial charge on any atom is 0.276 e. The molecule has 35 heavy (non-hydrogen) atoms. The number of amidine groups is 1. The van der Waals surface area contributed by atoms with Gasteiger partial charge in [0.1, 0.15) is 29.7 Å². The molecule has 12 heteroatoms. The Morgan fingerprint density at radius 3 is 2.69 bits per heavy atom. The number of nitrogens with zero attached hydrogens (tertiary/aromatic N) is 3. The van der Waals surface area contributed by atoms with E-state index in [2.05, 4.69) is 11.6 Å². The number of rotatable bonds is 8. The lowest BCUT2D eigenvalue weighted by molar-refractivity contribution is -0.386. The van der Waals surface area contributed by atoms with Crippen LogP contribution in [0.1, 0.15) is 38.9 Å². The van der Waals surface area contributed by atoms with Gasteiger partial charge in [0.25, 0.3) is 5.69 Å². The zero-order valence-electron chi connectivity index (χ0n) is 20.1. The Bertz CT molecular complexity index is 1050. The number of halogens is 1. The van der Waals surface area contributed by atoms with E-state index in [0.717, 1.165) is 0 Å². The summed E-state index contributed by atoms with van der Waals surface area (Å²) in [5, 5.41) is 31.4. The molecular weight excluding hydrogens is 571 g/mol. The van der Waals surface area contributed by atoms with Gasteiger partial charge in [0.05, 0.1) is 46.6 Å². The van der Waals surface area contributed by atoms with E-state index in [-0.39, 0.29) is 31.2 Å². The molecule has 0 bridgehead atoms. The van der Waals surface area contributed by atoms with Crippen molar-refractivity contribution in [3.8, 4) is 5.75 Å². The summed E-state index contributed by atoms with van der Waals surface area (Å²) in [6.07, 6.45) is -0.846. The number of ether oxygens (including phenoxy) is 3. The highest BCUT2D eigenvalue weighted by Gasteiger charge is 2.39. The number of aliphatic imine (C=N–C) groups is 1. The third kappa shape index (κ3) is 5.94. The highest BCUT2D eigenvalue weighted by Crippen LogP contribution is 2.43. The second-order valence-electron chi connectivity index (χ2n) is 9.45. The van der Waals surface area contributed by atoms with Crippen molar-refractivity contribution in [3.63, 3.8) is 0 Å². The number of aliphatic hydroxyl groups is 2. The predicted octanol–water partition coefficient (Wildman–Crippen LogP) is 2.81. The molecule has 1 fully saturated rings. The first kappa shape index (κ1) is 27.3. The van der Waals surface area contributed by atoms with Crippen LogP contribution in [-0.4, -0.2) is 64.6 Å². The number of hydrogen-bond acceptors (Lipinski definition) is 10. The summed E-state index contributed by atoms with van der Waals surface area (Å²) in [6.45, 7) is 9.37. The number of nitro groups is 1. The van der Waals surface area contributed by atoms with Gasteiger partial charge in [-0.2, -0.15) is 0 Å². The van der Waals surface area contributed by atoms with E-state index in [0.29, 0.717) is 26.3 Å². The summed E-state index contributed by atoms with van der Waals surface area (Å²) in [4.78, 5) is 17.3. The molecule has 1 aromatic rings. The van der Waals surface area contributed by atoms with Crippen LogP contribution in [0.15, 0.2) is 41.3 Å². The van der Waals surface area contributed by atoms with Gasteiger partial charge >= 0.3 is 0 Å². The van der Waals surface area contributed by atoms with Crippen LogP contribution in [0.5, 0.6) is 5.75 Å². The maximum absolute atomic E-state index is 11.9. The minimum absolute atomic E-state index is 0.00517. The van der Waals surface area contributed by atoms with Gasteiger partial charge in [-0.3, -0.25) is 10.1 Å². The van der Waals surface area contributed by atoms with Crippen molar-refractivity contribution in [2.75, 3.05) is 20.3 Å². The fourth-order valence-electron chi connectivity index (χ4n) is 4.05. The zero-order valence-corrected chi connectivity index (χ0v) is 22.3. The molecule has 2 aliphatic heterocycles. The quantitative estimate of drug-likeness (QED) is 0.232. The van der Waals surface area contributed by atoms with Crippen LogP contribution in [0, 0.1) is 19.1 Å². The summed E-state index contributed by atoms with van der Waals surface area (Å²) >= 11 is 2.00. The number of nitrogens with two attached hydrogens (primary N) is 1. The van der Waals surface area contributed by atoms with E-state index >= 15 is 0 Å². The first-order valence-electron chi connectivity index (χ1n) is 11.0. The molecule has 2 heterocycles. The van der Waals surface area contributed by atoms with Gasteiger partial charge in [-0.1, -0.05) is 27.4 Å². The van der Waals surface area contributed by atoms with Crippen LogP contribution in [0.25, 0.3) is 0 Å². The van der Waals surface area contributed by atoms with Gasteiger partial charge in [-0.25, -0.2) is 4.99 Å². The molecule has 0 amide bonds. The van der Waals surface area contributed by atoms with Crippen molar-refractivity contribution in [1.29, 1.82) is 0 Å². The normalized spacial score (nSPS) is 23.7. The monoisotopic (exact) mass is 602 g/mol. The van der Waals surface area contributed by atoms with Gasteiger partial charge < -0.3 is 35.1 Å². The lowest BCUT2D eigenvalue weighted by Gasteiger charge is -2.33. The highest BCUT2D eigenvalue weighted by atomic mass is 127. The van der Waals surface area contributed by atoms with Crippen LogP contribution < -0.4 is 10.5 Å². The van der Waals surface area contributed by atoms with Crippen molar-refractivity contribution < 1.29 is 29.3 Å². The Morgan fingerprint density at radius 1 is 1.46 bits per heavy atom. The first-order chi connectivity index (χ1) is 16.4. The van der Waals surface area contributed by atoms with Crippen LogP contribution in [0.4, 0.5) is 5.69 Å². The van der Waals surface area contributed by atoms with Crippen LogP contribution in [0.2, 0.25) is 0 Å². The minimum atomic E-state index is -0.823. The second-order valence-corrected chi connectivity index (χ2v) is 10.6. The smallest absolute Gasteiger partial charge is 0.276 e. The lowest BCUT2D eigenvalue weighted by Crippen LogP contribution is -2.36. The summed E-state index contributed by atoms with van der Waals surface area (Å²) < 4.78 is 18.0. The lowest BCUT2D eigenvalue weighted by atomic mass is 9.83. The van der Waals surface area contributed by atoms with Crippen LogP contribution >= 0.6 is 22.6 Å². The number of aliphatic hydroxyl groups excluding tert-OH is 2. The van der Waals surface area contributed by atoms with E-state index in [1.807, 2.05) is 43.4 Å². The molecule has 1 saturated heterocycles. The Balaban J connectivity index is 1.90. The van der Waals surface area contributed by atoms with Crippen molar-refractivity contribution in [2.45, 2.75) is 51.7 Å². The fourth-order valence-corrected chi connectivity index (χ4v) is 4.72. The molecular formula is C23H31IN4O7. The van der Waals surface area contributed by atoms with Crippen molar-refractivity contribution in [2.24, 2.45) is 16.1 Å². The Morgan fingerprint density at radius 2 is 2.14 bits per heavy atom. The highest BCUT2D eigenvalue weighted by molar-refractivity contribution is 14.1. The number of nitro benzene ring substituents is 1. The van der Waals surface area contributed by atoms with Gasteiger partial charge in [-0.05, 0) is 34.1 Å². The van der Waals surface area contributed by atoms with Crippen molar-refractivity contribution in [3.05, 3.63) is 55.6 Å². The average Bonchev–Trinajstić information content (AvgIpc) is 3.14. The molecule has 3 rings (SSSR count). The molecule has 0 spiro atoms.